The Morgan fingerprint density at radius 2 is 2.25 bits per heavy atom. The summed E-state index contributed by atoms with van der Waals surface area (Å²) in [4.78, 5) is 15.8. The van der Waals surface area contributed by atoms with Crippen LogP contribution in [0.15, 0.2) is 30.6 Å². The molecule has 0 aliphatic carbocycles. The maximum absolute atomic E-state index is 11.6. The molecule has 1 aromatic carbocycles. The maximum Gasteiger partial charge on any atom is 0.164 e. The molecule has 0 aliphatic rings. The number of fused-ring (bicyclic) bond motifs is 1. The van der Waals surface area contributed by atoms with Crippen molar-refractivity contribution in [2.45, 2.75) is 19.9 Å². The van der Waals surface area contributed by atoms with Gasteiger partial charge in [0.1, 0.15) is 0 Å². The quantitative estimate of drug-likeness (QED) is 0.729. The van der Waals surface area contributed by atoms with Gasteiger partial charge in [0, 0.05) is 0 Å². The van der Waals surface area contributed by atoms with Crippen molar-refractivity contribution in [2.75, 3.05) is 0 Å². The summed E-state index contributed by atoms with van der Waals surface area (Å²) in [6.45, 7) is 2.08. The first-order valence-electron chi connectivity index (χ1n) is 5.12. The van der Waals surface area contributed by atoms with Crippen molar-refractivity contribution in [3.8, 4) is 11.8 Å². The van der Waals surface area contributed by atoms with E-state index < -0.39 is 0 Å². The molecule has 2 aromatic rings. The Morgan fingerprint density at radius 3 is 3.06 bits per heavy atom. The lowest BCUT2D eigenvalue weighted by atomic mass is 10.2. The first-order chi connectivity index (χ1) is 7.81. The van der Waals surface area contributed by atoms with Crippen molar-refractivity contribution in [3.63, 3.8) is 0 Å². The van der Waals surface area contributed by atoms with E-state index in [1.54, 1.807) is 13.3 Å². The van der Waals surface area contributed by atoms with Crippen LogP contribution in [0.5, 0.6) is 0 Å². The molecule has 0 amide bonds. The summed E-state index contributed by atoms with van der Waals surface area (Å²) < 4.78 is 1.86. The van der Waals surface area contributed by atoms with Crippen molar-refractivity contribution in [3.05, 3.63) is 30.6 Å². The van der Waals surface area contributed by atoms with Gasteiger partial charge >= 0.3 is 0 Å². The summed E-state index contributed by atoms with van der Waals surface area (Å²) in [6.07, 6.45) is 2.00. The molecule has 0 spiro atoms. The highest BCUT2D eigenvalue weighted by molar-refractivity contribution is 5.83. The van der Waals surface area contributed by atoms with Gasteiger partial charge in [0.25, 0.3) is 0 Å². The minimum atomic E-state index is 0.109. The highest BCUT2D eigenvalue weighted by Crippen LogP contribution is 2.11. The number of hydrogen-bond donors (Lipinski definition) is 0. The Hall–Kier alpha value is -2.08. The summed E-state index contributed by atoms with van der Waals surface area (Å²) >= 11 is 0. The minimum Gasteiger partial charge on any atom is -0.323 e. The number of para-hydroxylation sites is 2. The molecule has 80 valence electrons. The zero-order valence-electron chi connectivity index (χ0n) is 9.10. The molecule has 0 aliphatic heterocycles. The zero-order chi connectivity index (χ0) is 11.4. The fourth-order valence-corrected chi connectivity index (χ4v) is 1.57. The zero-order valence-corrected chi connectivity index (χ0v) is 9.10. The molecule has 2 rings (SSSR count). The molecule has 0 unspecified atom stereocenters. The molecule has 0 atom stereocenters. The third-order valence-electron chi connectivity index (χ3n) is 2.34. The van der Waals surface area contributed by atoms with Crippen molar-refractivity contribution >= 4 is 16.8 Å². The van der Waals surface area contributed by atoms with E-state index in [2.05, 4.69) is 16.8 Å². The van der Waals surface area contributed by atoms with Crippen LogP contribution in [-0.4, -0.2) is 15.3 Å². The van der Waals surface area contributed by atoms with Crippen LogP contribution in [0.25, 0.3) is 11.0 Å². The first kappa shape index (κ1) is 10.4. The number of aromatic nitrogens is 2. The molecule has 16 heavy (non-hydrogen) atoms. The predicted molar refractivity (Wildman–Crippen MR) is 62.8 cm³/mol. The lowest BCUT2D eigenvalue weighted by Gasteiger charge is -2.00. The fourth-order valence-electron chi connectivity index (χ4n) is 1.57. The van der Waals surface area contributed by atoms with Crippen LogP contribution in [0.4, 0.5) is 0 Å². The van der Waals surface area contributed by atoms with Crippen LogP contribution in [0.2, 0.25) is 0 Å². The molecule has 0 N–H and O–H groups in total. The highest BCUT2D eigenvalue weighted by atomic mass is 16.1. The summed E-state index contributed by atoms with van der Waals surface area (Å²) in [5.41, 5.74) is 1.90. The molecule has 3 nitrogen and oxygen atoms in total. The highest BCUT2D eigenvalue weighted by Gasteiger charge is 2.05. The molecule has 0 saturated heterocycles. The number of ketones is 1. The van der Waals surface area contributed by atoms with E-state index in [0.29, 0.717) is 13.0 Å². The summed E-state index contributed by atoms with van der Waals surface area (Å²) in [5.74, 6) is 5.60. The first-order valence-corrected chi connectivity index (χ1v) is 5.12. The number of carbonyl (C=O) groups is 1. The lowest BCUT2D eigenvalue weighted by Crippen LogP contribution is -2.07. The van der Waals surface area contributed by atoms with Crippen LogP contribution in [0.3, 0.4) is 0 Å². The number of hydrogen-bond acceptors (Lipinski definition) is 2. The van der Waals surface area contributed by atoms with Gasteiger partial charge in [-0.15, -0.1) is 5.92 Å². The van der Waals surface area contributed by atoms with Crippen LogP contribution in [0.1, 0.15) is 13.3 Å². The molecular formula is C13H12N2O. The SMILES string of the molecule is CC#CCC(=O)Cn1cnc2ccccc21. The van der Waals surface area contributed by atoms with Crippen molar-refractivity contribution in [1.82, 2.24) is 9.55 Å². The second kappa shape index (κ2) is 4.63. The van der Waals surface area contributed by atoms with Crippen LogP contribution in [-0.2, 0) is 11.3 Å². The Morgan fingerprint density at radius 1 is 1.44 bits per heavy atom. The molecule has 0 radical (unpaired) electrons. The van der Waals surface area contributed by atoms with Gasteiger partial charge in [0.2, 0.25) is 0 Å². The van der Waals surface area contributed by atoms with Crippen molar-refractivity contribution in [1.29, 1.82) is 0 Å². The predicted octanol–water partition coefficient (Wildman–Crippen LogP) is 2.02. The fraction of sp³-hybridized carbons (Fsp3) is 0.231. The molecule has 1 aromatic heterocycles. The van der Waals surface area contributed by atoms with Gasteiger partial charge in [-0.2, -0.15) is 0 Å². The third kappa shape index (κ3) is 2.12. The molecular weight excluding hydrogens is 200 g/mol. The van der Waals surface area contributed by atoms with Gasteiger partial charge in [0.15, 0.2) is 5.78 Å². The van der Waals surface area contributed by atoms with E-state index in [9.17, 15) is 4.79 Å². The molecule has 0 fully saturated rings. The third-order valence-corrected chi connectivity index (χ3v) is 2.34. The number of Topliss-reactive ketones (excluding diaryl/α,β-unsaturated/α-hetero) is 1. The van der Waals surface area contributed by atoms with E-state index in [0.717, 1.165) is 11.0 Å². The molecule has 0 bridgehead atoms. The van der Waals surface area contributed by atoms with Gasteiger partial charge in [0.05, 0.1) is 30.3 Å². The van der Waals surface area contributed by atoms with Crippen LogP contribution in [0, 0.1) is 11.8 Å². The van der Waals surface area contributed by atoms with E-state index in [4.69, 9.17) is 0 Å². The van der Waals surface area contributed by atoms with Crippen LogP contribution < -0.4 is 0 Å². The topological polar surface area (TPSA) is 34.9 Å². The molecule has 1 heterocycles. The second-order valence-corrected chi connectivity index (χ2v) is 3.50. The second-order valence-electron chi connectivity index (χ2n) is 3.50. The number of benzene rings is 1. The van der Waals surface area contributed by atoms with Gasteiger partial charge < -0.3 is 4.57 Å². The van der Waals surface area contributed by atoms with Gasteiger partial charge in [-0.1, -0.05) is 18.1 Å². The maximum atomic E-state index is 11.6. The number of rotatable bonds is 3. The number of imidazole rings is 1. The average Bonchev–Trinajstić information content (AvgIpc) is 2.70. The van der Waals surface area contributed by atoms with Gasteiger partial charge in [-0.3, -0.25) is 4.79 Å². The Bertz CT molecular complexity index is 572. The summed E-state index contributed by atoms with van der Waals surface area (Å²) in [6, 6.07) is 7.77. The average molecular weight is 212 g/mol. The van der Waals surface area contributed by atoms with E-state index in [1.165, 1.54) is 0 Å². The van der Waals surface area contributed by atoms with E-state index >= 15 is 0 Å². The molecule has 3 heteroatoms. The van der Waals surface area contributed by atoms with E-state index in [-0.39, 0.29) is 5.78 Å². The Labute approximate surface area is 94.1 Å². The normalized spacial score (nSPS) is 9.81. The standard InChI is InChI=1S/C13H12N2O/c1-2-3-6-11(16)9-15-10-14-12-7-4-5-8-13(12)15/h4-5,7-8,10H,6,9H2,1H3. The van der Waals surface area contributed by atoms with Gasteiger partial charge in [-0.25, -0.2) is 4.98 Å². The largest absolute Gasteiger partial charge is 0.323 e. The lowest BCUT2D eigenvalue weighted by molar-refractivity contribution is -0.118. The van der Waals surface area contributed by atoms with Gasteiger partial charge in [-0.05, 0) is 19.1 Å². The Kier molecular flexibility index (Phi) is 3.02. The van der Waals surface area contributed by atoms with Crippen molar-refractivity contribution in [2.24, 2.45) is 0 Å². The number of carbonyl (C=O) groups excluding carboxylic acids is 1. The summed E-state index contributed by atoms with van der Waals surface area (Å²) in [7, 11) is 0. The monoisotopic (exact) mass is 212 g/mol. The van der Waals surface area contributed by atoms with Crippen molar-refractivity contribution < 1.29 is 4.79 Å². The minimum absolute atomic E-state index is 0.109. The summed E-state index contributed by atoms with van der Waals surface area (Å²) in [5, 5.41) is 0. The van der Waals surface area contributed by atoms with Crippen LogP contribution >= 0.6 is 0 Å². The Balaban J connectivity index is 2.20. The number of nitrogens with zero attached hydrogens (tertiary/aromatic N) is 2. The van der Waals surface area contributed by atoms with E-state index in [1.807, 2.05) is 28.8 Å². The smallest absolute Gasteiger partial charge is 0.164 e. The molecule has 0 saturated carbocycles.